The first-order chi connectivity index (χ1) is 9.82. The van der Waals surface area contributed by atoms with Crippen molar-refractivity contribution in [3.63, 3.8) is 0 Å². The molecule has 0 aliphatic carbocycles. The summed E-state index contributed by atoms with van der Waals surface area (Å²) in [5.74, 6) is -0.317. The van der Waals surface area contributed by atoms with Crippen LogP contribution in [0.15, 0.2) is 17.0 Å². The van der Waals surface area contributed by atoms with Crippen LogP contribution in [0.5, 0.6) is 11.5 Å². The van der Waals surface area contributed by atoms with Crippen molar-refractivity contribution < 1.29 is 27.4 Å². The molecule has 0 amide bonds. The van der Waals surface area contributed by atoms with Crippen LogP contribution in [0.25, 0.3) is 0 Å². The van der Waals surface area contributed by atoms with Crippen LogP contribution < -0.4 is 14.6 Å². The number of carbonyl (C=O) groups excluding carboxylic acids is 1. The average Bonchev–Trinajstić information content (AvgIpc) is 2.44. The molecule has 1 aromatic carbocycles. The minimum Gasteiger partial charge on any atom is -0.486 e. The van der Waals surface area contributed by atoms with Gasteiger partial charge in [-0.1, -0.05) is 6.92 Å². The second-order valence-corrected chi connectivity index (χ2v) is 6.23. The number of sulfonamides is 1. The van der Waals surface area contributed by atoms with Gasteiger partial charge in [0.1, 0.15) is 18.8 Å². The highest BCUT2D eigenvalue weighted by molar-refractivity contribution is 7.89. The van der Waals surface area contributed by atoms with Crippen LogP contribution in [0.1, 0.15) is 30.6 Å². The lowest BCUT2D eigenvalue weighted by molar-refractivity contribution is 0.0325. The van der Waals surface area contributed by atoms with Crippen LogP contribution >= 0.6 is 0 Å². The van der Waals surface area contributed by atoms with Crippen LogP contribution in [0.2, 0.25) is 0 Å². The zero-order valence-electron chi connectivity index (χ0n) is 11.8. The summed E-state index contributed by atoms with van der Waals surface area (Å²) in [7, 11) is -3.97. The van der Waals surface area contributed by atoms with Gasteiger partial charge in [0.15, 0.2) is 11.5 Å². The number of nitrogens with two attached hydrogens (primary N) is 1. The topological polar surface area (TPSA) is 105 Å². The Labute approximate surface area is 123 Å². The molecule has 1 unspecified atom stereocenters. The minimum absolute atomic E-state index is 0.00322. The Kier molecular flexibility index (Phi) is 4.38. The van der Waals surface area contributed by atoms with E-state index in [2.05, 4.69) is 0 Å². The lowest BCUT2D eigenvalue weighted by Crippen LogP contribution is -2.22. The molecule has 1 aromatic rings. The summed E-state index contributed by atoms with van der Waals surface area (Å²) in [5.41, 5.74) is -0.00322. The average molecular weight is 315 g/mol. The fourth-order valence-corrected chi connectivity index (χ4v) is 2.33. The van der Waals surface area contributed by atoms with E-state index in [1.54, 1.807) is 6.92 Å². The number of ether oxygens (including phenoxy) is 3. The molecule has 0 saturated heterocycles. The number of benzene rings is 1. The summed E-state index contributed by atoms with van der Waals surface area (Å²) in [6.45, 7) is 4.14. The number of carbonyl (C=O) groups is 1. The van der Waals surface area contributed by atoms with Crippen LogP contribution in [0.4, 0.5) is 0 Å². The summed E-state index contributed by atoms with van der Waals surface area (Å²) in [4.78, 5) is 12.0. The number of hydrogen-bond donors (Lipinski definition) is 1. The molecule has 7 nitrogen and oxygen atoms in total. The minimum atomic E-state index is -3.97. The Morgan fingerprint density at radius 3 is 2.67 bits per heavy atom. The molecule has 8 heteroatoms. The molecule has 0 fully saturated rings. The van der Waals surface area contributed by atoms with Crippen molar-refractivity contribution in [2.45, 2.75) is 31.3 Å². The van der Waals surface area contributed by atoms with Crippen molar-refractivity contribution in [1.82, 2.24) is 0 Å². The van der Waals surface area contributed by atoms with Gasteiger partial charge in [0, 0.05) is 6.07 Å². The normalized spacial score (nSPS) is 15.4. The third-order valence-electron chi connectivity index (χ3n) is 3.05. The highest BCUT2D eigenvalue weighted by Gasteiger charge is 2.26. The van der Waals surface area contributed by atoms with Crippen molar-refractivity contribution in [2.75, 3.05) is 13.2 Å². The third-order valence-corrected chi connectivity index (χ3v) is 3.94. The molecule has 0 aromatic heterocycles. The molecule has 0 radical (unpaired) electrons. The van der Waals surface area contributed by atoms with Crippen LogP contribution in [0.3, 0.4) is 0 Å². The van der Waals surface area contributed by atoms with E-state index >= 15 is 0 Å². The van der Waals surface area contributed by atoms with E-state index in [1.165, 1.54) is 6.07 Å². The Balaban J connectivity index is 2.50. The molecular formula is C13H17NO6S. The molecule has 0 spiro atoms. The second-order valence-electron chi connectivity index (χ2n) is 4.66. The first-order valence-electron chi connectivity index (χ1n) is 6.50. The first kappa shape index (κ1) is 15.6. The Morgan fingerprint density at radius 1 is 1.38 bits per heavy atom. The fourth-order valence-electron chi connectivity index (χ4n) is 1.77. The number of primary sulfonamides is 1. The standard InChI is InChI=1S/C13H17NO6S/c1-3-8(2)20-13(15)10-6-9(21(14,16)17)7-11-12(10)19-5-4-18-11/h6-8H,3-5H2,1-2H3,(H2,14,16,17). The third kappa shape index (κ3) is 3.45. The predicted molar refractivity (Wildman–Crippen MR) is 74.0 cm³/mol. The highest BCUT2D eigenvalue weighted by atomic mass is 32.2. The molecule has 2 N–H and O–H groups in total. The van der Waals surface area contributed by atoms with E-state index in [-0.39, 0.29) is 41.3 Å². The molecule has 1 aliphatic rings. The van der Waals surface area contributed by atoms with Crippen molar-refractivity contribution in [3.05, 3.63) is 17.7 Å². The van der Waals surface area contributed by atoms with E-state index in [9.17, 15) is 13.2 Å². The van der Waals surface area contributed by atoms with Gasteiger partial charge in [0.2, 0.25) is 10.0 Å². The zero-order valence-corrected chi connectivity index (χ0v) is 12.6. The van der Waals surface area contributed by atoms with Gasteiger partial charge >= 0.3 is 5.97 Å². The fraction of sp³-hybridized carbons (Fsp3) is 0.462. The quantitative estimate of drug-likeness (QED) is 0.833. The van der Waals surface area contributed by atoms with Crippen LogP contribution in [0, 0.1) is 0 Å². The summed E-state index contributed by atoms with van der Waals surface area (Å²) in [5, 5.41) is 5.11. The van der Waals surface area contributed by atoms with Crippen molar-refractivity contribution in [3.8, 4) is 11.5 Å². The summed E-state index contributed by atoms with van der Waals surface area (Å²) >= 11 is 0. The number of esters is 1. The molecular weight excluding hydrogens is 298 g/mol. The Bertz CT molecular complexity index is 655. The van der Waals surface area contributed by atoms with Crippen LogP contribution in [-0.2, 0) is 14.8 Å². The monoisotopic (exact) mass is 315 g/mol. The van der Waals surface area contributed by atoms with Gasteiger partial charge in [-0.15, -0.1) is 0 Å². The molecule has 21 heavy (non-hydrogen) atoms. The Hall–Kier alpha value is -1.80. The summed E-state index contributed by atoms with van der Waals surface area (Å²) in [6.07, 6.45) is 0.343. The number of fused-ring (bicyclic) bond motifs is 1. The van der Waals surface area contributed by atoms with E-state index < -0.39 is 16.0 Å². The Morgan fingerprint density at radius 2 is 2.05 bits per heavy atom. The van der Waals surface area contributed by atoms with Gasteiger partial charge in [-0.25, -0.2) is 18.4 Å². The molecule has 1 heterocycles. The second kappa shape index (κ2) is 5.90. The lowest BCUT2D eigenvalue weighted by Gasteiger charge is -2.22. The highest BCUT2D eigenvalue weighted by Crippen LogP contribution is 2.36. The molecule has 0 saturated carbocycles. The predicted octanol–water partition coefficient (Wildman–Crippen LogP) is 1.06. The van der Waals surface area contributed by atoms with Crippen LogP contribution in [-0.4, -0.2) is 33.7 Å². The van der Waals surface area contributed by atoms with Gasteiger partial charge < -0.3 is 14.2 Å². The molecule has 2 rings (SSSR count). The van der Waals surface area contributed by atoms with Crippen molar-refractivity contribution >= 4 is 16.0 Å². The van der Waals surface area contributed by atoms with Gasteiger partial charge in [0.25, 0.3) is 0 Å². The maximum Gasteiger partial charge on any atom is 0.342 e. The lowest BCUT2D eigenvalue weighted by atomic mass is 10.1. The largest absolute Gasteiger partial charge is 0.486 e. The number of rotatable bonds is 4. The van der Waals surface area contributed by atoms with E-state index in [4.69, 9.17) is 19.3 Å². The van der Waals surface area contributed by atoms with E-state index in [0.29, 0.717) is 6.42 Å². The maximum absolute atomic E-state index is 12.2. The van der Waals surface area contributed by atoms with E-state index in [1.807, 2.05) is 6.92 Å². The smallest absolute Gasteiger partial charge is 0.342 e. The number of hydrogen-bond acceptors (Lipinski definition) is 6. The van der Waals surface area contributed by atoms with Gasteiger partial charge in [-0.05, 0) is 19.4 Å². The maximum atomic E-state index is 12.2. The molecule has 1 aliphatic heterocycles. The van der Waals surface area contributed by atoms with Gasteiger partial charge in [-0.3, -0.25) is 0 Å². The molecule has 116 valence electrons. The zero-order chi connectivity index (χ0) is 15.6. The van der Waals surface area contributed by atoms with Gasteiger partial charge in [-0.2, -0.15) is 0 Å². The molecule has 1 atom stereocenters. The summed E-state index contributed by atoms with van der Waals surface area (Å²) in [6, 6.07) is 2.39. The first-order valence-corrected chi connectivity index (χ1v) is 8.05. The summed E-state index contributed by atoms with van der Waals surface area (Å²) < 4.78 is 38.9. The SMILES string of the molecule is CCC(C)OC(=O)c1cc(S(N)(=O)=O)cc2c1OCCO2. The molecule has 0 bridgehead atoms. The van der Waals surface area contributed by atoms with Gasteiger partial charge in [0.05, 0.1) is 11.0 Å². The van der Waals surface area contributed by atoms with Crippen molar-refractivity contribution in [2.24, 2.45) is 5.14 Å². The van der Waals surface area contributed by atoms with E-state index in [0.717, 1.165) is 6.07 Å². The van der Waals surface area contributed by atoms with Crippen molar-refractivity contribution in [1.29, 1.82) is 0 Å².